The number of carbonyl (C=O) groups excluding carboxylic acids is 1. The van der Waals surface area contributed by atoms with Gasteiger partial charge in [0.1, 0.15) is 0 Å². The third kappa shape index (κ3) is 4.42. The molecule has 20 heavy (non-hydrogen) atoms. The first-order valence-corrected chi connectivity index (χ1v) is 7.95. The van der Waals surface area contributed by atoms with E-state index in [1.165, 1.54) is 6.08 Å². The SMILES string of the molecule is Cc1nc(C=CC(=O)NCC2(O)CCC(C)CC2)cs1. The van der Waals surface area contributed by atoms with E-state index in [0.29, 0.717) is 12.5 Å². The predicted molar refractivity (Wildman–Crippen MR) is 81.5 cm³/mol. The third-order valence-corrected chi connectivity index (χ3v) is 4.63. The maximum absolute atomic E-state index is 11.7. The summed E-state index contributed by atoms with van der Waals surface area (Å²) in [7, 11) is 0. The fraction of sp³-hybridized carbons (Fsp3) is 0.600. The zero-order chi connectivity index (χ0) is 14.6. The lowest BCUT2D eigenvalue weighted by Crippen LogP contribution is -2.44. The molecule has 5 heteroatoms. The zero-order valence-electron chi connectivity index (χ0n) is 12.1. The van der Waals surface area contributed by atoms with E-state index in [-0.39, 0.29) is 5.91 Å². The average molecular weight is 294 g/mol. The van der Waals surface area contributed by atoms with Gasteiger partial charge in [0, 0.05) is 18.0 Å². The van der Waals surface area contributed by atoms with E-state index in [4.69, 9.17) is 0 Å². The van der Waals surface area contributed by atoms with E-state index in [0.717, 1.165) is 36.4 Å². The second-order valence-corrected chi connectivity index (χ2v) is 6.81. The number of rotatable bonds is 4. The second-order valence-electron chi connectivity index (χ2n) is 5.75. The Bertz CT molecular complexity index is 488. The number of hydrogen-bond acceptors (Lipinski definition) is 4. The van der Waals surface area contributed by atoms with Crippen LogP contribution in [0.5, 0.6) is 0 Å². The molecular formula is C15H22N2O2S. The molecule has 0 spiro atoms. The van der Waals surface area contributed by atoms with Crippen molar-refractivity contribution in [1.82, 2.24) is 10.3 Å². The Kier molecular flexibility index (Phi) is 4.94. The van der Waals surface area contributed by atoms with Gasteiger partial charge in [-0.1, -0.05) is 6.92 Å². The first kappa shape index (κ1) is 15.2. The standard InChI is InChI=1S/C15H22N2O2S/c1-11-5-7-15(19,8-6-11)10-16-14(18)4-3-13-9-20-12(2)17-13/h3-4,9,11,19H,5-8,10H2,1-2H3,(H,16,18). The number of aryl methyl sites for hydroxylation is 1. The van der Waals surface area contributed by atoms with E-state index in [1.54, 1.807) is 17.4 Å². The Balaban J connectivity index is 1.79. The minimum absolute atomic E-state index is 0.178. The minimum atomic E-state index is -0.729. The number of thiazole rings is 1. The van der Waals surface area contributed by atoms with Crippen LogP contribution < -0.4 is 5.32 Å². The highest BCUT2D eigenvalue weighted by molar-refractivity contribution is 7.09. The lowest BCUT2D eigenvalue weighted by atomic mass is 9.79. The van der Waals surface area contributed by atoms with E-state index < -0.39 is 5.60 Å². The maximum atomic E-state index is 11.7. The van der Waals surface area contributed by atoms with Gasteiger partial charge in [-0.15, -0.1) is 11.3 Å². The zero-order valence-corrected chi connectivity index (χ0v) is 12.9. The van der Waals surface area contributed by atoms with Crippen LogP contribution in [0.3, 0.4) is 0 Å². The lowest BCUT2D eigenvalue weighted by molar-refractivity contribution is -0.118. The molecule has 1 aromatic rings. The third-order valence-electron chi connectivity index (χ3n) is 3.84. The number of amides is 1. The molecule has 0 saturated heterocycles. The van der Waals surface area contributed by atoms with Crippen LogP contribution >= 0.6 is 11.3 Å². The molecule has 110 valence electrons. The Hall–Kier alpha value is -1.20. The molecule has 0 bridgehead atoms. The van der Waals surface area contributed by atoms with E-state index in [9.17, 15) is 9.90 Å². The van der Waals surface area contributed by atoms with Crippen LogP contribution in [0.4, 0.5) is 0 Å². The fourth-order valence-electron chi connectivity index (χ4n) is 2.40. The van der Waals surface area contributed by atoms with Crippen molar-refractivity contribution in [2.75, 3.05) is 6.54 Å². The monoisotopic (exact) mass is 294 g/mol. The van der Waals surface area contributed by atoms with Gasteiger partial charge >= 0.3 is 0 Å². The Morgan fingerprint density at radius 1 is 1.60 bits per heavy atom. The van der Waals surface area contributed by atoms with Crippen molar-refractivity contribution in [3.63, 3.8) is 0 Å². The van der Waals surface area contributed by atoms with Crippen molar-refractivity contribution in [3.8, 4) is 0 Å². The van der Waals surface area contributed by atoms with Crippen molar-refractivity contribution in [3.05, 3.63) is 22.2 Å². The van der Waals surface area contributed by atoms with E-state index in [2.05, 4.69) is 17.2 Å². The highest BCUT2D eigenvalue weighted by atomic mass is 32.1. The van der Waals surface area contributed by atoms with Crippen LogP contribution in [-0.4, -0.2) is 28.1 Å². The summed E-state index contributed by atoms with van der Waals surface area (Å²) in [5.74, 6) is 0.501. The average Bonchev–Trinajstić information content (AvgIpc) is 2.84. The molecule has 0 atom stereocenters. The van der Waals surface area contributed by atoms with Crippen LogP contribution in [0.25, 0.3) is 6.08 Å². The molecule has 1 fully saturated rings. The van der Waals surface area contributed by atoms with Gasteiger partial charge in [0.25, 0.3) is 0 Å². The van der Waals surface area contributed by atoms with Crippen LogP contribution in [0, 0.1) is 12.8 Å². The lowest BCUT2D eigenvalue weighted by Gasteiger charge is -2.34. The molecule has 1 aliphatic rings. The molecule has 0 unspecified atom stereocenters. The normalized spacial score (nSPS) is 26.9. The molecule has 0 aromatic carbocycles. The number of nitrogens with one attached hydrogen (secondary N) is 1. The van der Waals surface area contributed by atoms with Crippen molar-refractivity contribution in [2.45, 2.75) is 45.1 Å². The van der Waals surface area contributed by atoms with Crippen molar-refractivity contribution in [1.29, 1.82) is 0 Å². The van der Waals surface area contributed by atoms with Crippen molar-refractivity contribution >= 4 is 23.3 Å². The molecular weight excluding hydrogens is 272 g/mol. The van der Waals surface area contributed by atoms with Crippen molar-refractivity contribution < 1.29 is 9.90 Å². The molecule has 0 radical (unpaired) electrons. The van der Waals surface area contributed by atoms with E-state index in [1.807, 2.05) is 12.3 Å². The Morgan fingerprint density at radius 2 is 2.30 bits per heavy atom. The maximum Gasteiger partial charge on any atom is 0.244 e. The number of hydrogen-bond donors (Lipinski definition) is 2. The number of nitrogens with zero attached hydrogens (tertiary/aromatic N) is 1. The molecule has 4 nitrogen and oxygen atoms in total. The predicted octanol–water partition coefficient (Wildman–Crippen LogP) is 2.52. The van der Waals surface area contributed by atoms with Gasteiger partial charge in [0.15, 0.2) is 0 Å². The number of aromatic nitrogens is 1. The summed E-state index contributed by atoms with van der Waals surface area (Å²) in [6, 6.07) is 0. The number of aliphatic hydroxyl groups is 1. The largest absolute Gasteiger partial charge is 0.388 e. The fourth-order valence-corrected chi connectivity index (χ4v) is 2.99. The Labute approximate surface area is 123 Å². The van der Waals surface area contributed by atoms with Gasteiger partial charge in [-0.05, 0) is 44.6 Å². The molecule has 0 aliphatic heterocycles. The van der Waals surface area contributed by atoms with Crippen LogP contribution in [-0.2, 0) is 4.79 Å². The molecule has 1 heterocycles. The summed E-state index contributed by atoms with van der Waals surface area (Å²) >= 11 is 1.56. The summed E-state index contributed by atoms with van der Waals surface area (Å²) < 4.78 is 0. The highest BCUT2D eigenvalue weighted by Crippen LogP contribution is 2.31. The molecule has 1 aromatic heterocycles. The molecule has 1 amide bonds. The second kappa shape index (κ2) is 6.50. The summed E-state index contributed by atoms with van der Waals surface area (Å²) in [4.78, 5) is 16.0. The first-order chi connectivity index (χ1) is 9.47. The van der Waals surface area contributed by atoms with Gasteiger partial charge in [-0.2, -0.15) is 0 Å². The van der Waals surface area contributed by atoms with Crippen molar-refractivity contribution in [2.24, 2.45) is 5.92 Å². The van der Waals surface area contributed by atoms with Gasteiger partial charge < -0.3 is 10.4 Å². The minimum Gasteiger partial charge on any atom is -0.388 e. The smallest absolute Gasteiger partial charge is 0.244 e. The molecule has 2 rings (SSSR count). The Morgan fingerprint density at radius 3 is 2.90 bits per heavy atom. The summed E-state index contributed by atoms with van der Waals surface area (Å²) in [6.45, 7) is 4.47. The van der Waals surface area contributed by atoms with Crippen LogP contribution in [0.1, 0.15) is 43.3 Å². The van der Waals surface area contributed by atoms with E-state index >= 15 is 0 Å². The van der Waals surface area contributed by atoms with Gasteiger partial charge in [-0.25, -0.2) is 4.98 Å². The van der Waals surface area contributed by atoms with Gasteiger partial charge in [0.2, 0.25) is 5.91 Å². The summed E-state index contributed by atoms with van der Waals surface area (Å²) in [5.41, 5.74) is 0.0700. The quantitative estimate of drug-likeness (QED) is 0.839. The van der Waals surface area contributed by atoms with Gasteiger partial charge in [-0.3, -0.25) is 4.79 Å². The van der Waals surface area contributed by atoms with Crippen LogP contribution in [0.15, 0.2) is 11.5 Å². The van der Waals surface area contributed by atoms with Crippen LogP contribution in [0.2, 0.25) is 0 Å². The molecule has 1 saturated carbocycles. The molecule has 1 aliphatic carbocycles. The number of carbonyl (C=O) groups is 1. The summed E-state index contributed by atoms with van der Waals surface area (Å²) in [6.07, 6.45) is 6.77. The molecule has 2 N–H and O–H groups in total. The topological polar surface area (TPSA) is 62.2 Å². The highest BCUT2D eigenvalue weighted by Gasteiger charge is 2.31. The van der Waals surface area contributed by atoms with Gasteiger partial charge in [0.05, 0.1) is 16.3 Å². The first-order valence-electron chi connectivity index (χ1n) is 7.07. The summed E-state index contributed by atoms with van der Waals surface area (Å²) in [5, 5.41) is 16.1.